The molecule has 5 heteroatoms. The molecule has 1 amide bonds. The summed E-state index contributed by atoms with van der Waals surface area (Å²) < 4.78 is 17.2. The second-order valence-electron chi connectivity index (χ2n) is 3.30. The maximum atomic E-state index is 12.6. The summed E-state index contributed by atoms with van der Waals surface area (Å²) in [5, 5.41) is 12.1. The van der Waals surface area contributed by atoms with Crippen molar-refractivity contribution in [1.82, 2.24) is 5.32 Å². The number of halogens is 1. The Morgan fingerprint density at radius 2 is 2.12 bits per heavy atom. The first-order valence-electron chi connectivity index (χ1n) is 4.82. The number of carbonyl (C=O) groups is 1. The van der Waals surface area contributed by atoms with Gasteiger partial charge in [-0.3, -0.25) is 4.79 Å². The maximum absolute atomic E-state index is 12.6. The molecule has 1 aromatic carbocycles. The first-order chi connectivity index (χ1) is 7.63. The van der Waals surface area contributed by atoms with Crippen molar-refractivity contribution in [3.05, 3.63) is 35.6 Å². The lowest BCUT2D eigenvalue weighted by atomic mass is 10.1. The summed E-state index contributed by atoms with van der Waals surface area (Å²) in [5.41, 5.74) is 0.555. The summed E-state index contributed by atoms with van der Waals surface area (Å²) >= 11 is 0. The van der Waals surface area contributed by atoms with Gasteiger partial charge in [-0.15, -0.1) is 0 Å². The largest absolute Gasteiger partial charge is 0.387 e. The number of aliphatic hydroxyl groups is 1. The summed E-state index contributed by atoms with van der Waals surface area (Å²) in [6.45, 7) is 0.0317. The summed E-state index contributed by atoms with van der Waals surface area (Å²) in [5.74, 6) is -0.664. The van der Waals surface area contributed by atoms with Crippen molar-refractivity contribution < 1.29 is 19.0 Å². The van der Waals surface area contributed by atoms with E-state index < -0.39 is 6.10 Å². The van der Waals surface area contributed by atoms with Gasteiger partial charge in [-0.2, -0.15) is 0 Å². The smallest absolute Gasteiger partial charge is 0.246 e. The number of ether oxygens (including phenoxy) is 1. The average molecular weight is 227 g/mol. The minimum absolute atomic E-state index is 0.0455. The van der Waals surface area contributed by atoms with Crippen molar-refractivity contribution in [2.45, 2.75) is 6.10 Å². The SMILES string of the molecule is COCC(=O)NCC(O)c1ccc(F)cc1. The van der Waals surface area contributed by atoms with E-state index in [1.165, 1.54) is 31.4 Å². The molecular formula is C11H14FNO3. The normalized spacial score (nSPS) is 12.2. The number of aliphatic hydroxyl groups excluding tert-OH is 1. The monoisotopic (exact) mass is 227 g/mol. The number of methoxy groups -OCH3 is 1. The molecule has 0 aliphatic carbocycles. The van der Waals surface area contributed by atoms with E-state index in [-0.39, 0.29) is 24.9 Å². The number of hydrogen-bond donors (Lipinski definition) is 2. The van der Waals surface area contributed by atoms with E-state index >= 15 is 0 Å². The zero-order valence-corrected chi connectivity index (χ0v) is 8.94. The van der Waals surface area contributed by atoms with Gasteiger partial charge in [0.05, 0.1) is 6.10 Å². The molecule has 1 rings (SSSR count). The van der Waals surface area contributed by atoms with Crippen LogP contribution < -0.4 is 5.32 Å². The van der Waals surface area contributed by atoms with Crippen LogP contribution in [0.25, 0.3) is 0 Å². The summed E-state index contributed by atoms with van der Waals surface area (Å²) in [6.07, 6.45) is -0.846. The third kappa shape index (κ3) is 3.96. The lowest BCUT2D eigenvalue weighted by Crippen LogP contribution is -2.31. The van der Waals surface area contributed by atoms with Crippen LogP contribution in [0.4, 0.5) is 4.39 Å². The van der Waals surface area contributed by atoms with Crippen LogP contribution in [0, 0.1) is 5.82 Å². The van der Waals surface area contributed by atoms with Gasteiger partial charge in [-0.05, 0) is 17.7 Å². The number of nitrogens with one attached hydrogen (secondary N) is 1. The maximum Gasteiger partial charge on any atom is 0.246 e. The van der Waals surface area contributed by atoms with Crippen LogP contribution in [0.1, 0.15) is 11.7 Å². The Morgan fingerprint density at radius 1 is 1.50 bits per heavy atom. The number of rotatable bonds is 5. The fourth-order valence-corrected chi connectivity index (χ4v) is 1.20. The Balaban J connectivity index is 2.43. The second kappa shape index (κ2) is 6.19. The molecule has 0 bridgehead atoms. The van der Waals surface area contributed by atoms with Gasteiger partial charge in [0, 0.05) is 13.7 Å². The minimum atomic E-state index is -0.846. The van der Waals surface area contributed by atoms with Crippen LogP contribution in [-0.2, 0) is 9.53 Å². The molecular weight excluding hydrogens is 213 g/mol. The van der Waals surface area contributed by atoms with Gasteiger partial charge >= 0.3 is 0 Å². The van der Waals surface area contributed by atoms with Crippen LogP contribution >= 0.6 is 0 Å². The molecule has 0 saturated heterocycles. The van der Waals surface area contributed by atoms with E-state index in [1.54, 1.807) is 0 Å². The molecule has 1 aromatic rings. The quantitative estimate of drug-likeness (QED) is 0.775. The number of amides is 1. The molecule has 0 fully saturated rings. The Morgan fingerprint density at radius 3 is 2.69 bits per heavy atom. The molecule has 0 saturated carbocycles. The topological polar surface area (TPSA) is 58.6 Å². The zero-order chi connectivity index (χ0) is 12.0. The Labute approximate surface area is 93.0 Å². The van der Waals surface area contributed by atoms with Gasteiger partial charge in [0.15, 0.2) is 0 Å². The molecule has 16 heavy (non-hydrogen) atoms. The van der Waals surface area contributed by atoms with Gasteiger partial charge in [0.25, 0.3) is 0 Å². The highest BCUT2D eigenvalue weighted by atomic mass is 19.1. The van der Waals surface area contributed by atoms with E-state index in [9.17, 15) is 14.3 Å². The van der Waals surface area contributed by atoms with Gasteiger partial charge in [0.1, 0.15) is 12.4 Å². The molecule has 1 unspecified atom stereocenters. The van der Waals surface area contributed by atoms with Crippen LogP contribution in [0.3, 0.4) is 0 Å². The zero-order valence-electron chi connectivity index (χ0n) is 8.94. The molecule has 0 aliphatic rings. The summed E-state index contributed by atoms with van der Waals surface area (Å²) in [4.78, 5) is 11.0. The fraction of sp³-hybridized carbons (Fsp3) is 0.364. The van der Waals surface area contributed by atoms with E-state index in [0.29, 0.717) is 5.56 Å². The van der Waals surface area contributed by atoms with Crippen LogP contribution in [0.2, 0.25) is 0 Å². The molecule has 1 atom stereocenters. The molecule has 0 spiro atoms. The van der Waals surface area contributed by atoms with E-state index in [4.69, 9.17) is 0 Å². The second-order valence-corrected chi connectivity index (χ2v) is 3.30. The van der Waals surface area contributed by atoms with E-state index in [2.05, 4.69) is 10.1 Å². The van der Waals surface area contributed by atoms with E-state index in [1.807, 2.05) is 0 Å². The van der Waals surface area contributed by atoms with Crippen molar-refractivity contribution in [2.24, 2.45) is 0 Å². The third-order valence-electron chi connectivity index (χ3n) is 2.02. The highest BCUT2D eigenvalue weighted by Gasteiger charge is 2.09. The highest BCUT2D eigenvalue weighted by molar-refractivity contribution is 5.77. The van der Waals surface area contributed by atoms with Crippen molar-refractivity contribution >= 4 is 5.91 Å². The Kier molecular flexibility index (Phi) is 4.88. The summed E-state index contributed by atoms with van der Waals surface area (Å²) in [7, 11) is 1.41. The summed E-state index contributed by atoms with van der Waals surface area (Å²) in [6, 6.07) is 5.47. The van der Waals surface area contributed by atoms with Gasteiger partial charge in [-0.25, -0.2) is 4.39 Å². The van der Waals surface area contributed by atoms with Crippen molar-refractivity contribution in [1.29, 1.82) is 0 Å². The van der Waals surface area contributed by atoms with Gasteiger partial charge in [0.2, 0.25) is 5.91 Å². The predicted octanol–water partition coefficient (Wildman–Crippen LogP) is 0.622. The molecule has 2 N–H and O–H groups in total. The first-order valence-corrected chi connectivity index (χ1v) is 4.82. The third-order valence-corrected chi connectivity index (χ3v) is 2.02. The van der Waals surface area contributed by atoms with Crippen LogP contribution in [0.15, 0.2) is 24.3 Å². The lowest BCUT2D eigenvalue weighted by Gasteiger charge is -2.11. The van der Waals surface area contributed by atoms with Gasteiger partial charge < -0.3 is 15.2 Å². The van der Waals surface area contributed by atoms with Crippen LogP contribution in [0.5, 0.6) is 0 Å². The molecule has 4 nitrogen and oxygen atoms in total. The number of hydrogen-bond acceptors (Lipinski definition) is 3. The van der Waals surface area contributed by atoms with Crippen LogP contribution in [-0.4, -0.2) is 31.3 Å². The minimum Gasteiger partial charge on any atom is -0.387 e. The number of benzene rings is 1. The lowest BCUT2D eigenvalue weighted by molar-refractivity contribution is -0.125. The molecule has 0 aliphatic heterocycles. The first kappa shape index (κ1) is 12.6. The average Bonchev–Trinajstić information content (AvgIpc) is 2.27. The molecule has 0 radical (unpaired) electrons. The van der Waals surface area contributed by atoms with E-state index in [0.717, 1.165) is 0 Å². The molecule has 88 valence electrons. The predicted molar refractivity (Wildman–Crippen MR) is 56.2 cm³/mol. The van der Waals surface area contributed by atoms with Crippen molar-refractivity contribution in [3.8, 4) is 0 Å². The molecule has 0 aromatic heterocycles. The van der Waals surface area contributed by atoms with Gasteiger partial charge in [-0.1, -0.05) is 12.1 Å². The Hall–Kier alpha value is -1.46. The van der Waals surface area contributed by atoms with Crippen molar-refractivity contribution in [2.75, 3.05) is 20.3 Å². The standard InChI is InChI=1S/C11H14FNO3/c1-16-7-11(15)13-6-10(14)8-2-4-9(12)5-3-8/h2-5,10,14H,6-7H2,1H3,(H,13,15). The van der Waals surface area contributed by atoms with Crippen molar-refractivity contribution in [3.63, 3.8) is 0 Å². The highest BCUT2D eigenvalue weighted by Crippen LogP contribution is 2.12. The molecule has 0 heterocycles. The fourth-order valence-electron chi connectivity index (χ4n) is 1.20. The Bertz CT molecular complexity index is 340. The number of carbonyl (C=O) groups excluding carboxylic acids is 1.